The fourth-order valence-electron chi connectivity index (χ4n) is 3.65. The van der Waals surface area contributed by atoms with Gasteiger partial charge in [-0.3, -0.25) is 14.9 Å². The summed E-state index contributed by atoms with van der Waals surface area (Å²) in [4.78, 5) is 26.9. The number of piperidine rings is 1. The Morgan fingerprint density at radius 3 is 2.84 bits per heavy atom. The summed E-state index contributed by atoms with van der Waals surface area (Å²) in [7, 11) is -3.74. The number of sulfonamides is 1. The van der Waals surface area contributed by atoms with Gasteiger partial charge in [0.1, 0.15) is 4.90 Å². The summed E-state index contributed by atoms with van der Waals surface area (Å²) in [5.41, 5.74) is 1.15. The summed E-state index contributed by atoms with van der Waals surface area (Å²) in [6.07, 6.45) is 0.212. The molecule has 1 aromatic heterocycles. The lowest BCUT2D eigenvalue weighted by Crippen LogP contribution is -2.44. The van der Waals surface area contributed by atoms with Gasteiger partial charge in [0, 0.05) is 24.7 Å². The van der Waals surface area contributed by atoms with Crippen molar-refractivity contribution in [2.75, 3.05) is 18.4 Å². The highest BCUT2D eigenvalue weighted by Gasteiger charge is 2.36. The molecular weight excluding hydrogens is 424 g/mol. The van der Waals surface area contributed by atoms with Crippen molar-refractivity contribution in [2.45, 2.75) is 37.7 Å². The van der Waals surface area contributed by atoms with Crippen molar-refractivity contribution < 1.29 is 27.3 Å². The first-order valence-electron chi connectivity index (χ1n) is 9.88. The Morgan fingerprint density at radius 2 is 2.10 bits per heavy atom. The Labute approximate surface area is 179 Å². The summed E-state index contributed by atoms with van der Waals surface area (Å²) in [6.45, 7) is 4.03. The number of aryl methyl sites for hydroxylation is 1. The van der Waals surface area contributed by atoms with Crippen LogP contribution in [0, 0.1) is 12.8 Å². The molecule has 0 radical (unpaired) electrons. The van der Waals surface area contributed by atoms with Gasteiger partial charge in [0.05, 0.1) is 11.6 Å². The molecule has 10 nitrogen and oxygen atoms in total. The first-order valence-corrected chi connectivity index (χ1v) is 11.3. The molecule has 0 aliphatic carbocycles. The van der Waals surface area contributed by atoms with Crippen LogP contribution in [-0.2, 0) is 24.3 Å². The molecule has 31 heavy (non-hydrogen) atoms. The molecule has 2 aromatic rings. The van der Waals surface area contributed by atoms with Gasteiger partial charge in [-0.15, -0.1) is 4.40 Å². The number of carbonyl (C=O) groups is 2. The number of fused-ring (bicyclic) bond motifs is 1. The van der Waals surface area contributed by atoms with Crippen molar-refractivity contribution >= 4 is 33.6 Å². The number of rotatable bonds is 4. The molecule has 2 aliphatic heterocycles. The predicted molar refractivity (Wildman–Crippen MR) is 110 cm³/mol. The fraction of sp³-hybridized carbons (Fsp3) is 0.400. The number of amides is 1. The van der Waals surface area contributed by atoms with Crippen LogP contribution < -0.4 is 5.32 Å². The second-order valence-corrected chi connectivity index (χ2v) is 9.14. The first-order chi connectivity index (χ1) is 14.7. The minimum Gasteiger partial charge on any atom is -0.452 e. The number of nitrogens with one attached hydrogen (secondary N) is 1. The van der Waals surface area contributed by atoms with E-state index in [-0.39, 0.29) is 17.3 Å². The van der Waals surface area contributed by atoms with E-state index in [1.54, 1.807) is 36.1 Å². The van der Waals surface area contributed by atoms with Crippen LogP contribution in [-0.4, -0.2) is 55.4 Å². The number of amidine groups is 1. The van der Waals surface area contributed by atoms with Gasteiger partial charge in [-0.25, -0.2) is 0 Å². The van der Waals surface area contributed by atoms with E-state index in [1.165, 1.54) is 13.0 Å². The molecule has 4 rings (SSSR count). The van der Waals surface area contributed by atoms with Crippen molar-refractivity contribution in [1.82, 2.24) is 10.1 Å². The van der Waals surface area contributed by atoms with Crippen LogP contribution in [0.2, 0.25) is 0 Å². The van der Waals surface area contributed by atoms with Gasteiger partial charge < -0.3 is 14.2 Å². The van der Waals surface area contributed by atoms with Crippen LogP contribution in [0.1, 0.15) is 31.0 Å². The monoisotopic (exact) mass is 446 g/mol. The highest BCUT2D eigenvalue weighted by atomic mass is 32.2. The van der Waals surface area contributed by atoms with Gasteiger partial charge in [0.15, 0.2) is 11.9 Å². The Morgan fingerprint density at radius 1 is 1.32 bits per heavy atom. The zero-order chi connectivity index (χ0) is 22.2. The standard InChI is InChI=1S/C20H22N4O6S/c1-12-10-17(30-22-12)21-19(25)13(2)29-20(26)14-6-5-9-24(11-14)18-15-7-3-4-8-16(15)31(27,28)23-18/h3-4,7-8,10,13-14H,5-6,9,11H2,1-2H3,(H,21,25)/t13-,14+/m1/s1. The average molecular weight is 446 g/mol. The van der Waals surface area contributed by atoms with Crippen molar-refractivity contribution in [3.63, 3.8) is 0 Å². The van der Waals surface area contributed by atoms with Crippen LogP contribution in [0.3, 0.4) is 0 Å². The lowest BCUT2D eigenvalue weighted by Gasteiger charge is -2.33. The second kappa shape index (κ2) is 8.14. The molecule has 0 unspecified atom stereocenters. The van der Waals surface area contributed by atoms with Crippen LogP contribution in [0.25, 0.3) is 0 Å². The van der Waals surface area contributed by atoms with Gasteiger partial charge in [-0.1, -0.05) is 17.3 Å². The third-order valence-corrected chi connectivity index (χ3v) is 6.53. The van der Waals surface area contributed by atoms with E-state index < -0.39 is 33.9 Å². The molecule has 3 heterocycles. The maximum absolute atomic E-state index is 12.7. The van der Waals surface area contributed by atoms with Gasteiger partial charge in [-0.05, 0) is 38.8 Å². The highest BCUT2D eigenvalue weighted by Crippen LogP contribution is 2.30. The molecule has 1 fully saturated rings. The second-order valence-electron chi connectivity index (χ2n) is 7.57. The molecule has 0 spiro atoms. The van der Waals surface area contributed by atoms with E-state index in [2.05, 4.69) is 14.9 Å². The Hall–Kier alpha value is -3.21. The quantitative estimate of drug-likeness (QED) is 0.702. The van der Waals surface area contributed by atoms with E-state index in [0.717, 1.165) is 0 Å². The number of ether oxygens (including phenoxy) is 1. The number of hydrogen-bond donors (Lipinski definition) is 1. The number of likely N-dealkylation sites (tertiary alicyclic amines) is 1. The van der Waals surface area contributed by atoms with E-state index in [4.69, 9.17) is 9.26 Å². The zero-order valence-corrected chi connectivity index (χ0v) is 17.9. The largest absolute Gasteiger partial charge is 0.452 e. The van der Waals surface area contributed by atoms with Crippen molar-refractivity contribution in [1.29, 1.82) is 0 Å². The fourth-order valence-corrected chi connectivity index (χ4v) is 4.88. The maximum Gasteiger partial charge on any atom is 0.311 e. The molecule has 1 saturated heterocycles. The summed E-state index contributed by atoms with van der Waals surface area (Å²) in [5, 5.41) is 6.18. The van der Waals surface area contributed by atoms with E-state index in [9.17, 15) is 18.0 Å². The minimum atomic E-state index is -3.74. The average Bonchev–Trinajstić information content (AvgIpc) is 3.28. The van der Waals surface area contributed by atoms with Crippen molar-refractivity contribution in [3.05, 3.63) is 41.6 Å². The molecule has 1 amide bonds. The first kappa shape index (κ1) is 21.0. The summed E-state index contributed by atoms with van der Waals surface area (Å²) < 4.78 is 38.9. The predicted octanol–water partition coefficient (Wildman–Crippen LogP) is 1.71. The molecule has 2 atom stereocenters. The Bertz CT molecular complexity index is 1160. The molecule has 11 heteroatoms. The van der Waals surface area contributed by atoms with Crippen molar-refractivity contribution in [2.24, 2.45) is 10.3 Å². The minimum absolute atomic E-state index is 0.169. The SMILES string of the molecule is Cc1cc(NC(=O)[C@@H](C)OC(=O)[C@H]2CCCN(C3=NS(=O)(=O)c4ccccc43)C2)on1. The number of aromatic nitrogens is 1. The van der Waals surface area contributed by atoms with Gasteiger partial charge in [-0.2, -0.15) is 8.42 Å². The Kier molecular flexibility index (Phi) is 5.52. The number of nitrogens with zero attached hydrogens (tertiary/aromatic N) is 3. The molecule has 2 aliphatic rings. The molecule has 164 valence electrons. The highest BCUT2D eigenvalue weighted by molar-refractivity contribution is 7.90. The third-order valence-electron chi connectivity index (χ3n) is 5.20. The zero-order valence-electron chi connectivity index (χ0n) is 17.1. The van der Waals surface area contributed by atoms with Gasteiger partial charge >= 0.3 is 5.97 Å². The molecule has 0 saturated carbocycles. The molecular formula is C20H22N4O6S. The van der Waals surface area contributed by atoms with Gasteiger partial charge in [0.2, 0.25) is 5.88 Å². The van der Waals surface area contributed by atoms with Gasteiger partial charge in [0.25, 0.3) is 15.9 Å². The third kappa shape index (κ3) is 4.31. The number of carbonyl (C=O) groups excluding carboxylic acids is 2. The number of anilines is 1. The van der Waals surface area contributed by atoms with Crippen LogP contribution in [0.15, 0.2) is 44.1 Å². The molecule has 1 N–H and O–H groups in total. The van der Waals surface area contributed by atoms with E-state index >= 15 is 0 Å². The summed E-state index contributed by atoms with van der Waals surface area (Å²) in [5.74, 6) is -1.03. The number of hydrogen-bond acceptors (Lipinski definition) is 8. The van der Waals surface area contributed by atoms with Crippen LogP contribution in [0.4, 0.5) is 5.88 Å². The normalized spacial score (nSPS) is 20.5. The van der Waals surface area contributed by atoms with E-state index in [0.29, 0.717) is 36.5 Å². The molecule has 1 aromatic carbocycles. The molecule has 0 bridgehead atoms. The summed E-state index contributed by atoms with van der Waals surface area (Å²) in [6, 6.07) is 8.18. The topological polar surface area (TPSA) is 131 Å². The van der Waals surface area contributed by atoms with Crippen LogP contribution >= 0.6 is 0 Å². The van der Waals surface area contributed by atoms with Crippen LogP contribution in [0.5, 0.6) is 0 Å². The lowest BCUT2D eigenvalue weighted by molar-refractivity contribution is -0.158. The Balaban J connectivity index is 1.41. The summed E-state index contributed by atoms with van der Waals surface area (Å²) >= 11 is 0. The lowest BCUT2D eigenvalue weighted by atomic mass is 9.97. The van der Waals surface area contributed by atoms with E-state index in [1.807, 2.05) is 0 Å². The smallest absolute Gasteiger partial charge is 0.311 e. The number of esters is 1. The maximum atomic E-state index is 12.7. The van der Waals surface area contributed by atoms with Crippen molar-refractivity contribution in [3.8, 4) is 0 Å². The number of benzene rings is 1.